The average Bonchev–Trinajstić information content (AvgIpc) is 2.87. The van der Waals surface area contributed by atoms with Crippen molar-refractivity contribution < 1.29 is 8.91 Å². The van der Waals surface area contributed by atoms with Crippen molar-refractivity contribution in [3.8, 4) is 11.1 Å². The van der Waals surface area contributed by atoms with Crippen molar-refractivity contribution in [1.82, 2.24) is 5.16 Å². The lowest BCUT2D eigenvalue weighted by molar-refractivity contribution is 0.400. The molecule has 1 aromatic heterocycles. The summed E-state index contributed by atoms with van der Waals surface area (Å²) in [5.74, 6) is 1.03. The Morgan fingerprint density at radius 3 is 2.09 bits per heavy atom. The number of aromatic nitrogens is 1. The quantitative estimate of drug-likeness (QED) is 0.642. The Labute approximate surface area is 134 Å². The smallest absolute Gasteiger partial charge is 0.167 e. The van der Waals surface area contributed by atoms with E-state index >= 15 is 0 Å². The standard InChI is InChI=1S/C13H11FS.C4H6N2O/c1-9-8-11(4-7-13(9)14)10-2-5-12(15)6-3-10;1-3-2-4(5)6-7-3/h2-8,15H,1H3;2H,1H3,(H2,5,6). The first kappa shape index (κ1) is 16.1. The second-order valence-electron chi connectivity index (χ2n) is 4.87. The van der Waals surface area contributed by atoms with E-state index in [-0.39, 0.29) is 5.82 Å². The van der Waals surface area contributed by atoms with Gasteiger partial charge in [-0.25, -0.2) is 4.39 Å². The van der Waals surface area contributed by atoms with Crippen molar-refractivity contribution in [2.75, 3.05) is 5.73 Å². The lowest BCUT2D eigenvalue weighted by atomic mass is 10.0. The highest BCUT2D eigenvalue weighted by molar-refractivity contribution is 7.80. The van der Waals surface area contributed by atoms with Crippen LogP contribution in [0.25, 0.3) is 11.1 Å². The van der Waals surface area contributed by atoms with Crippen LogP contribution in [0, 0.1) is 19.7 Å². The van der Waals surface area contributed by atoms with E-state index in [1.165, 1.54) is 6.07 Å². The van der Waals surface area contributed by atoms with Gasteiger partial charge in [0.25, 0.3) is 0 Å². The molecule has 0 saturated carbocycles. The van der Waals surface area contributed by atoms with Gasteiger partial charge in [-0.3, -0.25) is 0 Å². The zero-order chi connectivity index (χ0) is 16.1. The van der Waals surface area contributed by atoms with Crippen molar-refractivity contribution in [1.29, 1.82) is 0 Å². The fourth-order valence-electron chi connectivity index (χ4n) is 1.86. The van der Waals surface area contributed by atoms with Crippen LogP contribution in [0.1, 0.15) is 11.3 Å². The van der Waals surface area contributed by atoms with Gasteiger partial charge in [0.2, 0.25) is 0 Å². The van der Waals surface area contributed by atoms with Crippen LogP contribution in [-0.4, -0.2) is 5.16 Å². The minimum absolute atomic E-state index is 0.162. The van der Waals surface area contributed by atoms with Gasteiger partial charge >= 0.3 is 0 Å². The van der Waals surface area contributed by atoms with Gasteiger partial charge in [-0.05, 0) is 54.8 Å². The van der Waals surface area contributed by atoms with Crippen LogP contribution in [0.3, 0.4) is 0 Å². The van der Waals surface area contributed by atoms with Crippen molar-refractivity contribution in [2.45, 2.75) is 18.7 Å². The second kappa shape index (κ2) is 7.13. The third kappa shape index (κ3) is 4.36. The molecule has 0 aliphatic heterocycles. The molecule has 0 aliphatic rings. The molecule has 0 bridgehead atoms. The highest BCUT2D eigenvalue weighted by atomic mass is 32.1. The maximum absolute atomic E-state index is 13.1. The van der Waals surface area contributed by atoms with Crippen LogP contribution in [0.4, 0.5) is 10.2 Å². The second-order valence-corrected chi connectivity index (χ2v) is 5.39. The highest BCUT2D eigenvalue weighted by Gasteiger charge is 2.01. The number of hydrogen-bond donors (Lipinski definition) is 2. The third-order valence-electron chi connectivity index (χ3n) is 3.00. The Kier molecular flexibility index (Phi) is 5.22. The monoisotopic (exact) mass is 316 g/mol. The van der Waals surface area contributed by atoms with Gasteiger partial charge in [-0.15, -0.1) is 12.6 Å². The van der Waals surface area contributed by atoms with Crippen molar-refractivity contribution in [3.63, 3.8) is 0 Å². The summed E-state index contributed by atoms with van der Waals surface area (Å²) in [5, 5.41) is 3.42. The first-order valence-electron chi connectivity index (χ1n) is 6.70. The summed E-state index contributed by atoms with van der Waals surface area (Å²) in [6.45, 7) is 3.56. The van der Waals surface area contributed by atoms with E-state index < -0.39 is 0 Å². The molecule has 0 saturated heterocycles. The van der Waals surface area contributed by atoms with E-state index in [2.05, 4.69) is 22.3 Å². The number of thiol groups is 1. The van der Waals surface area contributed by atoms with Crippen LogP contribution in [-0.2, 0) is 0 Å². The van der Waals surface area contributed by atoms with Crippen molar-refractivity contribution in [2.24, 2.45) is 0 Å². The molecule has 0 amide bonds. The number of benzene rings is 2. The number of halogens is 1. The van der Waals surface area contributed by atoms with Crippen LogP contribution < -0.4 is 5.73 Å². The normalized spacial score (nSPS) is 10.0. The summed E-state index contributed by atoms with van der Waals surface area (Å²) in [6.07, 6.45) is 0. The van der Waals surface area contributed by atoms with E-state index in [1.54, 1.807) is 26.0 Å². The Balaban J connectivity index is 0.000000211. The highest BCUT2D eigenvalue weighted by Crippen LogP contribution is 2.22. The molecule has 3 rings (SSSR count). The number of hydrogen-bond acceptors (Lipinski definition) is 4. The van der Waals surface area contributed by atoms with Gasteiger partial charge in [0, 0.05) is 11.0 Å². The molecule has 0 aliphatic carbocycles. The van der Waals surface area contributed by atoms with Gasteiger partial charge in [0.15, 0.2) is 5.82 Å². The summed E-state index contributed by atoms with van der Waals surface area (Å²) in [5.41, 5.74) is 7.95. The SMILES string of the molecule is Cc1cc(-c2ccc(S)cc2)ccc1F.Cc1cc(N)no1. The van der Waals surface area contributed by atoms with Gasteiger partial charge in [0.1, 0.15) is 11.6 Å². The predicted octanol–water partition coefficient (Wildman–Crippen LogP) is 4.66. The van der Waals surface area contributed by atoms with E-state index in [1.807, 2.05) is 30.3 Å². The molecular weight excluding hydrogens is 299 g/mol. The maximum atomic E-state index is 13.1. The number of anilines is 1. The Morgan fingerprint density at radius 1 is 1.00 bits per heavy atom. The molecule has 0 atom stereocenters. The van der Waals surface area contributed by atoms with Crippen LogP contribution in [0.15, 0.2) is 57.9 Å². The Hall–Kier alpha value is -2.27. The molecule has 114 valence electrons. The third-order valence-corrected chi connectivity index (χ3v) is 3.30. The van der Waals surface area contributed by atoms with Crippen LogP contribution >= 0.6 is 12.6 Å². The minimum Gasteiger partial charge on any atom is -0.381 e. The maximum Gasteiger partial charge on any atom is 0.167 e. The molecule has 1 heterocycles. The number of aryl methyl sites for hydroxylation is 2. The Morgan fingerprint density at radius 2 is 1.64 bits per heavy atom. The average molecular weight is 316 g/mol. The molecule has 3 aromatic rings. The molecular formula is C17H17FN2OS. The molecule has 2 N–H and O–H groups in total. The molecule has 22 heavy (non-hydrogen) atoms. The first-order valence-corrected chi connectivity index (χ1v) is 7.15. The van der Waals surface area contributed by atoms with Gasteiger partial charge in [-0.2, -0.15) is 0 Å². The molecule has 3 nitrogen and oxygen atoms in total. The summed E-state index contributed by atoms with van der Waals surface area (Å²) >= 11 is 4.22. The Bertz CT molecular complexity index is 737. The number of nitrogen functional groups attached to an aromatic ring is 1. The van der Waals surface area contributed by atoms with E-state index in [4.69, 9.17) is 5.73 Å². The van der Waals surface area contributed by atoms with Crippen molar-refractivity contribution in [3.05, 3.63) is 65.7 Å². The van der Waals surface area contributed by atoms with Gasteiger partial charge in [-0.1, -0.05) is 23.4 Å². The first-order chi connectivity index (χ1) is 10.5. The van der Waals surface area contributed by atoms with Crippen LogP contribution in [0.2, 0.25) is 0 Å². The van der Waals surface area contributed by atoms with Crippen molar-refractivity contribution >= 4 is 18.4 Å². The van der Waals surface area contributed by atoms with Crippen LogP contribution in [0.5, 0.6) is 0 Å². The summed E-state index contributed by atoms with van der Waals surface area (Å²) in [4.78, 5) is 0.928. The van der Waals surface area contributed by atoms with Gasteiger partial charge in [0.05, 0.1) is 0 Å². The topological polar surface area (TPSA) is 52.0 Å². The fourth-order valence-corrected chi connectivity index (χ4v) is 2.01. The number of nitrogens with zero attached hydrogens (tertiary/aromatic N) is 1. The predicted molar refractivity (Wildman–Crippen MR) is 89.5 cm³/mol. The number of nitrogens with two attached hydrogens (primary N) is 1. The molecule has 0 radical (unpaired) electrons. The van der Waals surface area contributed by atoms with E-state index in [9.17, 15) is 4.39 Å². The van der Waals surface area contributed by atoms with Gasteiger partial charge < -0.3 is 10.3 Å². The molecule has 0 fully saturated rings. The number of rotatable bonds is 1. The minimum atomic E-state index is -0.162. The summed E-state index contributed by atoms with van der Waals surface area (Å²) in [6, 6.07) is 14.6. The molecule has 0 unspecified atom stereocenters. The van der Waals surface area contributed by atoms with E-state index in [0.717, 1.165) is 21.8 Å². The largest absolute Gasteiger partial charge is 0.381 e. The molecule has 0 spiro atoms. The lowest BCUT2D eigenvalue weighted by Gasteiger charge is -2.04. The summed E-state index contributed by atoms with van der Waals surface area (Å²) < 4.78 is 17.7. The zero-order valence-electron chi connectivity index (χ0n) is 12.4. The molecule has 2 aromatic carbocycles. The van der Waals surface area contributed by atoms with E-state index in [0.29, 0.717) is 11.4 Å². The lowest BCUT2D eigenvalue weighted by Crippen LogP contribution is -1.84. The molecule has 5 heteroatoms. The summed E-state index contributed by atoms with van der Waals surface area (Å²) in [7, 11) is 0. The zero-order valence-corrected chi connectivity index (χ0v) is 13.3. The fraction of sp³-hybridized carbons (Fsp3) is 0.118.